The first-order valence-corrected chi connectivity index (χ1v) is 8.86. The number of aromatic nitrogens is 1. The van der Waals surface area contributed by atoms with E-state index in [2.05, 4.69) is 10.5 Å². The van der Waals surface area contributed by atoms with Crippen molar-refractivity contribution in [2.75, 3.05) is 22.4 Å². The molecule has 23 heavy (non-hydrogen) atoms. The maximum atomic E-state index is 12.1. The summed E-state index contributed by atoms with van der Waals surface area (Å²) in [5, 5.41) is 6.75. The summed E-state index contributed by atoms with van der Waals surface area (Å²) in [6, 6.07) is 6.48. The zero-order chi connectivity index (χ0) is 17.2. The highest BCUT2D eigenvalue weighted by molar-refractivity contribution is 7.92. The Bertz CT molecular complexity index is 832. The van der Waals surface area contributed by atoms with Gasteiger partial charge < -0.3 is 9.84 Å². The summed E-state index contributed by atoms with van der Waals surface area (Å²) in [5.74, 6) is -0.0162. The molecule has 2 rings (SSSR count). The molecule has 0 fully saturated rings. The van der Waals surface area contributed by atoms with Crippen molar-refractivity contribution in [3.63, 3.8) is 0 Å². The molecule has 1 N–H and O–H groups in total. The Morgan fingerprint density at radius 3 is 2.57 bits per heavy atom. The summed E-state index contributed by atoms with van der Waals surface area (Å²) in [5.41, 5.74) is 1.36. The third-order valence-electron chi connectivity index (χ3n) is 3.01. The van der Waals surface area contributed by atoms with E-state index < -0.39 is 22.5 Å². The minimum Gasteiger partial charge on any atom is -0.360 e. The van der Waals surface area contributed by atoms with E-state index in [9.17, 15) is 13.2 Å². The van der Waals surface area contributed by atoms with Crippen LogP contribution in [0.15, 0.2) is 28.8 Å². The minimum atomic E-state index is -3.68. The van der Waals surface area contributed by atoms with E-state index in [1.165, 1.54) is 6.07 Å². The van der Waals surface area contributed by atoms with Gasteiger partial charge in [0.2, 0.25) is 15.9 Å². The molecule has 7 nitrogen and oxygen atoms in total. The van der Waals surface area contributed by atoms with Crippen molar-refractivity contribution < 1.29 is 17.7 Å². The molecule has 124 valence electrons. The number of benzene rings is 1. The van der Waals surface area contributed by atoms with E-state index in [4.69, 9.17) is 16.1 Å². The first kappa shape index (κ1) is 17.3. The summed E-state index contributed by atoms with van der Waals surface area (Å²) in [7, 11) is -3.68. The fourth-order valence-electron chi connectivity index (χ4n) is 1.84. The number of halogens is 1. The Morgan fingerprint density at radius 2 is 2.04 bits per heavy atom. The molecule has 0 aliphatic heterocycles. The summed E-state index contributed by atoms with van der Waals surface area (Å²) in [4.78, 5) is 12.1. The van der Waals surface area contributed by atoms with Gasteiger partial charge in [0.25, 0.3) is 0 Å². The fraction of sp³-hybridized carbons (Fsp3) is 0.286. The van der Waals surface area contributed by atoms with Crippen LogP contribution in [0.25, 0.3) is 0 Å². The van der Waals surface area contributed by atoms with Gasteiger partial charge in [0.1, 0.15) is 12.3 Å². The molecule has 0 atom stereocenters. The zero-order valence-electron chi connectivity index (χ0n) is 12.8. The normalized spacial score (nSPS) is 11.3. The van der Waals surface area contributed by atoms with Crippen LogP contribution in [0, 0.1) is 13.8 Å². The molecule has 0 radical (unpaired) electrons. The van der Waals surface area contributed by atoms with Crippen LogP contribution in [0.3, 0.4) is 0 Å². The van der Waals surface area contributed by atoms with Crippen LogP contribution in [-0.4, -0.2) is 32.3 Å². The number of sulfonamides is 1. The zero-order valence-corrected chi connectivity index (χ0v) is 14.4. The lowest BCUT2D eigenvalue weighted by molar-refractivity contribution is -0.114. The van der Waals surface area contributed by atoms with Crippen LogP contribution in [0.4, 0.5) is 11.5 Å². The van der Waals surface area contributed by atoms with Crippen molar-refractivity contribution >= 4 is 39.0 Å². The van der Waals surface area contributed by atoms with Gasteiger partial charge in [0.05, 0.1) is 6.26 Å². The predicted molar refractivity (Wildman–Crippen MR) is 88.2 cm³/mol. The molecule has 1 amide bonds. The minimum absolute atomic E-state index is 0.0575. The van der Waals surface area contributed by atoms with Crippen molar-refractivity contribution in [1.29, 1.82) is 0 Å². The molecular weight excluding hydrogens is 342 g/mol. The molecule has 2 aromatic rings. The number of anilines is 2. The Balaban J connectivity index is 2.16. The summed E-state index contributed by atoms with van der Waals surface area (Å²) in [6.07, 6.45) is 0.993. The van der Waals surface area contributed by atoms with Crippen LogP contribution in [0.1, 0.15) is 11.3 Å². The number of carbonyl (C=O) groups is 1. The first-order chi connectivity index (χ1) is 10.7. The number of rotatable bonds is 5. The van der Waals surface area contributed by atoms with Gasteiger partial charge in [-0.3, -0.25) is 4.79 Å². The van der Waals surface area contributed by atoms with Crippen molar-refractivity contribution in [3.05, 3.63) is 40.6 Å². The van der Waals surface area contributed by atoms with E-state index in [1.54, 1.807) is 25.1 Å². The molecule has 0 aliphatic carbocycles. The largest absolute Gasteiger partial charge is 0.360 e. The predicted octanol–water partition coefficient (Wildman–Crippen LogP) is 2.35. The number of aryl methyl sites for hydroxylation is 2. The van der Waals surface area contributed by atoms with E-state index in [0.717, 1.165) is 16.1 Å². The average molecular weight is 358 g/mol. The average Bonchev–Trinajstić information content (AvgIpc) is 2.85. The molecule has 0 unspecified atom stereocenters. The molecule has 0 spiro atoms. The van der Waals surface area contributed by atoms with Crippen molar-refractivity contribution in [2.24, 2.45) is 0 Å². The van der Waals surface area contributed by atoms with E-state index in [-0.39, 0.29) is 5.82 Å². The quantitative estimate of drug-likeness (QED) is 0.886. The summed E-state index contributed by atoms with van der Waals surface area (Å²) < 4.78 is 29.5. The molecule has 1 heterocycles. The number of hydrogen-bond donors (Lipinski definition) is 1. The van der Waals surface area contributed by atoms with Crippen LogP contribution < -0.4 is 9.62 Å². The van der Waals surface area contributed by atoms with Gasteiger partial charge in [-0.15, -0.1) is 0 Å². The lowest BCUT2D eigenvalue weighted by Gasteiger charge is -2.18. The summed E-state index contributed by atoms with van der Waals surface area (Å²) in [6.45, 7) is 3.05. The highest BCUT2D eigenvalue weighted by atomic mass is 35.5. The smallest absolute Gasteiger partial charge is 0.245 e. The summed E-state index contributed by atoms with van der Waals surface area (Å²) >= 11 is 5.99. The third-order valence-corrected chi connectivity index (χ3v) is 4.54. The van der Waals surface area contributed by atoms with Crippen molar-refractivity contribution in [3.8, 4) is 0 Å². The number of nitrogens with one attached hydrogen (secondary N) is 1. The van der Waals surface area contributed by atoms with E-state index in [0.29, 0.717) is 16.5 Å². The van der Waals surface area contributed by atoms with Gasteiger partial charge in [-0.1, -0.05) is 22.8 Å². The SMILES string of the molecule is Cc1cc(N(CC(=O)Nc2ccc(C)c(Cl)c2)S(C)(=O)=O)no1. The van der Waals surface area contributed by atoms with Crippen LogP contribution >= 0.6 is 11.6 Å². The highest BCUT2D eigenvalue weighted by Gasteiger charge is 2.23. The molecule has 1 aromatic carbocycles. The Hall–Kier alpha value is -2.06. The number of amides is 1. The van der Waals surface area contributed by atoms with Gasteiger partial charge in [-0.05, 0) is 31.5 Å². The Kier molecular flexibility index (Phi) is 4.96. The monoisotopic (exact) mass is 357 g/mol. The third kappa shape index (κ3) is 4.46. The Labute approximate surface area is 139 Å². The topological polar surface area (TPSA) is 92.5 Å². The van der Waals surface area contributed by atoms with Gasteiger partial charge in [0, 0.05) is 16.8 Å². The number of carbonyl (C=O) groups excluding carboxylic acids is 1. The molecule has 0 saturated heterocycles. The van der Waals surface area contributed by atoms with Crippen molar-refractivity contribution in [1.82, 2.24) is 5.16 Å². The number of nitrogens with zero attached hydrogens (tertiary/aromatic N) is 2. The van der Waals surface area contributed by atoms with Gasteiger partial charge in [0.15, 0.2) is 5.82 Å². The molecule has 1 aromatic heterocycles. The van der Waals surface area contributed by atoms with Gasteiger partial charge in [-0.25, -0.2) is 12.7 Å². The highest BCUT2D eigenvalue weighted by Crippen LogP contribution is 2.21. The molecular formula is C14H16ClN3O4S. The van der Waals surface area contributed by atoms with Crippen LogP contribution in [-0.2, 0) is 14.8 Å². The van der Waals surface area contributed by atoms with E-state index >= 15 is 0 Å². The van der Waals surface area contributed by atoms with Crippen LogP contribution in [0.2, 0.25) is 5.02 Å². The molecule has 0 bridgehead atoms. The second-order valence-corrected chi connectivity index (χ2v) is 7.39. The first-order valence-electron chi connectivity index (χ1n) is 6.64. The fourth-order valence-corrected chi connectivity index (χ4v) is 2.80. The molecule has 9 heteroatoms. The van der Waals surface area contributed by atoms with Gasteiger partial charge in [-0.2, -0.15) is 0 Å². The standard InChI is InChI=1S/C14H16ClN3O4S/c1-9-4-5-11(7-12(9)15)16-14(19)8-18(23(3,20)21)13-6-10(2)22-17-13/h4-7H,8H2,1-3H3,(H,16,19). The maximum absolute atomic E-state index is 12.1. The van der Waals surface area contributed by atoms with E-state index in [1.807, 2.05) is 6.92 Å². The maximum Gasteiger partial charge on any atom is 0.245 e. The van der Waals surface area contributed by atoms with Crippen LogP contribution in [0.5, 0.6) is 0 Å². The van der Waals surface area contributed by atoms with Gasteiger partial charge >= 0.3 is 0 Å². The molecule has 0 saturated carbocycles. The second-order valence-electron chi connectivity index (χ2n) is 5.08. The van der Waals surface area contributed by atoms with Crippen molar-refractivity contribution in [2.45, 2.75) is 13.8 Å². The lowest BCUT2D eigenvalue weighted by Crippen LogP contribution is -2.37. The number of hydrogen-bond acceptors (Lipinski definition) is 5. The second kappa shape index (κ2) is 6.59. The Morgan fingerprint density at radius 1 is 1.35 bits per heavy atom. The molecule has 0 aliphatic rings. The lowest BCUT2D eigenvalue weighted by atomic mass is 10.2.